The molecule has 164 valence electrons. The van der Waals surface area contributed by atoms with Crippen molar-refractivity contribution in [2.45, 2.75) is 65.6 Å². The number of hydrogen-bond donors (Lipinski definition) is 1. The second-order valence-electron chi connectivity index (χ2n) is 8.59. The SMILES string of the molecule is CCn1c(SCC(=O)Nc2c(C)cc(C)cc2C)nc2sc3c(c2c1=O)CCC(C)C3. The van der Waals surface area contributed by atoms with E-state index in [1.54, 1.807) is 15.9 Å². The van der Waals surface area contributed by atoms with Gasteiger partial charge >= 0.3 is 0 Å². The summed E-state index contributed by atoms with van der Waals surface area (Å²) in [5, 5.41) is 4.46. The van der Waals surface area contributed by atoms with Crippen LogP contribution < -0.4 is 10.9 Å². The quantitative estimate of drug-likeness (QED) is 0.421. The topological polar surface area (TPSA) is 64.0 Å². The summed E-state index contributed by atoms with van der Waals surface area (Å²) in [6.07, 6.45) is 3.11. The number of carbonyl (C=O) groups is 1. The maximum atomic E-state index is 13.3. The lowest BCUT2D eigenvalue weighted by molar-refractivity contribution is -0.113. The van der Waals surface area contributed by atoms with Gasteiger partial charge in [0, 0.05) is 17.1 Å². The number of thiophene rings is 1. The summed E-state index contributed by atoms with van der Waals surface area (Å²) in [6.45, 7) is 10.8. The second kappa shape index (κ2) is 8.79. The number of hydrogen-bond acceptors (Lipinski definition) is 5. The number of anilines is 1. The highest BCUT2D eigenvalue weighted by Gasteiger charge is 2.24. The molecule has 1 aliphatic rings. The number of carbonyl (C=O) groups excluding carboxylic acids is 1. The molecule has 0 fully saturated rings. The lowest BCUT2D eigenvalue weighted by atomic mass is 9.89. The van der Waals surface area contributed by atoms with Gasteiger partial charge in [0.25, 0.3) is 5.56 Å². The zero-order valence-corrected chi connectivity index (χ0v) is 20.4. The molecule has 0 bridgehead atoms. The van der Waals surface area contributed by atoms with Gasteiger partial charge in [0.2, 0.25) is 5.91 Å². The molecule has 3 aromatic rings. The molecule has 1 atom stereocenters. The maximum absolute atomic E-state index is 13.3. The van der Waals surface area contributed by atoms with Crippen LogP contribution >= 0.6 is 23.1 Å². The molecule has 1 aliphatic carbocycles. The number of rotatable bonds is 5. The van der Waals surface area contributed by atoms with Crippen molar-refractivity contribution in [2.75, 3.05) is 11.1 Å². The summed E-state index contributed by atoms with van der Waals surface area (Å²) in [6, 6.07) is 4.14. The van der Waals surface area contributed by atoms with Gasteiger partial charge in [-0.2, -0.15) is 0 Å². The molecule has 2 heterocycles. The fourth-order valence-corrected chi connectivity index (χ4v) is 6.76. The van der Waals surface area contributed by atoms with Crippen molar-refractivity contribution in [1.82, 2.24) is 9.55 Å². The Labute approximate surface area is 191 Å². The minimum Gasteiger partial charge on any atom is -0.325 e. The van der Waals surface area contributed by atoms with Crippen LogP contribution in [0.3, 0.4) is 0 Å². The Hall–Kier alpha value is -2.12. The van der Waals surface area contributed by atoms with Crippen molar-refractivity contribution in [3.05, 3.63) is 49.6 Å². The average Bonchev–Trinajstić information content (AvgIpc) is 3.06. The molecule has 0 saturated heterocycles. The monoisotopic (exact) mass is 455 g/mol. The Kier molecular flexibility index (Phi) is 6.26. The van der Waals surface area contributed by atoms with E-state index in [4.69, 9.17) is 4.98 Å². The lowest BCUT2D eigenvalue weighted by Crippen LogP contribution is -2.24. The molecule has 7 heteroatoms. The molecule has 0 saturated carbocycles. The minimum absolute atomic E-state index is 0.0349. The lowest BCUT2D eigenvalue weighted by Gasteiger charge is -2.17. The smallest absolute Gasteiger partial charge is 0.263 e. The van der Waals surface area contributed by atoms with Crippen molar-refractivity contribution in [3.63, 3.8) is 0 Å². The highest BCUT2D eigenvalue weighted by Crippen LogP contribution is 2.36. The Bertz CT molecular complexity index is 1200. The van der Waals surface area contributed by atoms with Crippen LogP contribution in [0.1, 0.15) is 47.4 Å². The van der Waals surface area contributed by atoms with Crippen LogP contribution in [0.15, 0.2) is 22.1 Å². The van der Waals surface area contributed by atoms with Gasteiger partial charge in [-0.25, -0.2) is 4.98 Å². The van der Waals surface area contributed by atoms with Gasteiger partial charge in [-0.05, 0) is 69.6 Å². The fourth-order valence-electron chi connectivity index (χ4n) is 4.48. The first-order chi connectivity index (χ1) is 14.8. The molecule has 1 N–H and O–H groups in total. The van der Waals surface area contributed by atoms with Crippen molar-refractivity contribution in [2.24, 2.45) is 5.92 Å². The molecule has 1 unspecified atom stereocenters. The zero-order chi connectivity index (χ0) is 22.3. The molecule has 0 radical (unpaired) electrons. The van der Waals surface area contributed by atoms with E-state index in [0.29, 0.717) is 17.6 Å². The molecule has 2 aromatic heterocycles. The number of thioether (sulfide) groups is 1. The van der Waals surface area contributed by atoms with Crippen LogP contribution in [0.2, 0.25) is 0 Å². The van der Waals surface area contributed by atoms with E-state index in [1.165, 1.54) is 27.8 Å². The van der Waals surface area contributed by atoms with Crippen molar-refractivity contribution in [1.29, 1.82) is 0 Å². The highest BCUT2D eigenvalue weighted by atomic mass is 32.2. The Morgan fingerprint density at radius 2 is 2.00 bits per heavy atom. The molecule has 5 nitrogen and oxygen atoms in total. The standard InChI is InChI=1S/C24H29N3O2S2/c1-6-27-23(29)20-17-8-7-13(2)11-18(17)31-22(20)26-24(27)30-12-19(28)25-21-15(4)9-14(3)10-16(21)5/h9-10,13H,6-8,11-12H2,1-5H3,(H,25,28). The molecule has 1 aromatic carbocycles. The van der Waals surface area contributed by atoms with E-state index >= 15 is 0 Å². The largest absolute Gasteiger partial charge is 0.325 e. The van der Waals surface area contributed by atoms with Crippen LogP contribution in [0.5, 0.6) is 0 Å². The van der Waals surface area contributed by atoms with Crippen LogP contribution in [-0.2, 0) is 24.2 Å². The molecule has 1 amide bonds. The van der Waals surface area contributed by atoms with Crippen molar-refractivity contribution < 1.29 is 4.79 Å². The minimum atomic E-state index is -0.0867. The summed E-state index contributed by atoms with van der Waals surface area (Å²) < 4.78 is 1.72. The summed E-state index contributed by atoms with van der Waals surface area (Å²) in [5.41, 5.74) is 5.40. The molecule has 0 spiro atoms. The fraction of sp³-hybridized carbons (Fsp3) is 0.458. The van der Waals surface area contributed by atoms with E-state index in [9.17, 15) is 9.59 Å². The van der Waals surface area contributed by atoms with E-state index < -0.39 is 0 Å². The Morgan fingerprint density at radius 1 is 1.29 bits per heavy atom. The predicted octanol–water partition coefficient (Wildman–Crippen LogP) is 5.26. The first-order valence-electron chi connectivity index (χ1n) is 10.8. The third-order valence-corrected chi connectivity index (χ3v) is 8.09. The van der Waals surface area contributed by atoms with E-state index in [2.05, 4.69) is 31.3 Å². The molecular formula is C24H29N3O2S2. The average molecular weight is 456 g/mol. The number of nitrogens with zero attached hydrogens (tertiary/aromatic N) is 2. The van der Waals surface area contributed by atoms with Gasteiger partial charge in [-0.1, -0.05) is 36.4 Å². The second-order valence-corrected chi connectivity index (χ2v) is 10.6. The first-order valence-corrected chi connectivity index (χ1v) is 12.6. The molecule has 4 rings (SSSR count). The molecule has 31 heavy (non-hydrogen) atoms. The third-order valence-electron chi connectivity index (χ3n) is 5.97. The number of aromatic nitrogens is 2. The van der Waals surface area contributed by atoms with Gasteiger partial charge in [-0.15, -0.1) is 11.3 Å². The van der Waals surface area contributed by atoms with Crippen LogP contribution in [-0.4, -0.2) is 21.2 Å². The van der Waals surface area contributed by atoms with E-state index in [1.807, 2.05) is 20.8 Å². The molecular weight excluding hydrogens is 426 g/mol. The summed E-state index contributed by atoms with van der Waals surface area (Å²) in [4.78, 5) is 32.9. The number of aryl methyl sites for hydroxylation is 4. The van der Waals surface area contributed by atoms with Crippen molar-refractivity contribution >= 4 is 44.9 Å². The van der Waals surface area contributed by atoms with Gasteiger partial charge in [0.1, 0.15) is 4.83 Å². The third kappa shape index (κ3) is 4.30. The molecule has 0 aliphatic heterocycles. The number of fused-ring (bicyclic) bond motifs is 3. The zero-order valence-electron chi connectivity index (χ0n) is 18.8. The van der Waals surface area contributed by atoms with Gasteiger partial charge < -0.3 is 5.32 Å². The van der Waals surface area contributed by atoms with Crippen molar-refractivity contribution in [3.8, 4) is 0 Å². The first kappa shape index (κ1) is 22.1. The van der Waals surface area contributed by atoms with Gasteiger partial charge in [-0.3, -0.25) is 14.2 Å². The predicted molar refractivity (Wildman–Crippen MR) is 131 cm³/mol. The number of amides is 1. The number of nitrogens with one attached hydrogen (secondary N) is 1. The van der Waals surface area contributed by atoms with Crippen LogP contribution in [0.4, 0.5) is 5.69 Å². The van der Waals surface area contributed by atoms with Crippen LogP contribution in [0, 0.1) is 26.7 Å². The van der Waals surface area contributed by atoms with Crippen LogP contribution in [0.25, 0.3) is 10.2 Å². The van der Waals surface area contributed by atoms with E-state index in [-0.39, 0.29) is 17.2 Å². The summed E-state index contributed by atoms with van der Waals surface area (Å²) in [5.74, 6) is 0.781. The van der Waals surface area contributed by atoms with Gasteiger partial charge in [0.05, 0.1) is 11.1 Å². The summed E-state index contributed by atoms with van der Waals surface area (Å²) in [7, 11) is 0. The van der Waals surface area contributed by atoms with E-state index in [0.717, 1.165) is 46.3 Å². The normalized spacial score (nSPS) is 15.8. The Balaban J connectivity index is 1.59. The maximum Gasteiger partial charge on any atom is 0.263 e. The van der Waals surface area contributed by atoms with Gasteiger partial charge in [0.15, 0.2) is 5.16 Å². The highest BCUT2D eigenvalue weighted by molar-refractivity contribution is 7.99. The Morgan fingerprint density at radius 3 is 2.68 bits per heavy atom. The summed E-state index contributed by atoms with van der Waals surface area (Å²) >= 11 is 2.99. The number of benzene rings is 1.